The second-order valence-corrected chi connectivity index (χ2v) is 8.28. The third-order valence-electron chi connectivity index (χ3n) is 5.66. The van der Waals surface area contributed by atoms with Gasteiger partial charge in [0.05, 0.1) is 37.1 Å². The predicted molar refractivity (Wildman–Crippen MR) is 123 cm³/mol. The Morgan fingerprint density at radius 2 is 1.81 bits per heavy atom. The molecule has 8 heteroatoms. The SMILES string of the molecule is Cc1nn(Cc2ccc(F)cc2)c(Cl)c1C(=O)NC(C)c1ccc(N2CCOCC2)cc1. The first-order valence-electron chi connectivity index (χ1n) is 10.6. The van der Waals surface area contributed by atoms with E-state index in [2.05, 4.69) is 27.4 Å². The third kappa shape index (κ3) is 4.95. The molecule has 2 aromatic carbocycles. The number of carbonyl (C=O) groups is 1. The molecule has 4 rings (SSSR count). The maximum Gasteiger partial charge on any atom is 0.256 e. The van der Waals surface area contributed by atoms with Gasteiger partial charge in [0.1, 0.15) is 11.0 Å². The molecule has 1 saturated heterocycles. The Labute approximate surface area is 191 Å². The minimum atomic E-state index is -0.302. The Bertz CT molecular complexity index is 1080. The van der Waals surface area contributed by atoms with Crippen LogP contribution in [0.15, 0.2) is 48.5 Å². The lowest BCUT2D eigenvalue weighted by atomic mass is 10.1. The molecule has 168 valence electrons. The van der Waals surface area contributed by atoms with Crippen LogP contribution in [-0.4, -0.2) is 42.0 Å². The molecule has 1 aliphatic rings. The summed E-state index contributed by atoms with van der Waals surface area (Å²) in [5.41, 5.74) is 3.89. The fourth-order valence-corrected chi connectivity index (χ4v) is 4.15. The molecule has 32 heavy (non-hydrogen) atoms. The van der Waals surface area contributed by atoms with E-state index in [9.17, 15) is 9.18 Å². The molecule has 0 aliphatic carbocycles. The first-order chi connectivity index (χ1) is 15.4. The van der Waals surface area contributed by atoms with Crippen LogP contribution in [0.3, 0.4) is 0 Å². The number of hydrogen-bond acceptors (Lipinski definition) is 4. The van der Waals surface area contributed by atoms with Crippen molar-refractivity contribution in [2.24, 2.45) is 0 Å². The summed E-state index contributed by atoms with van der Waals surface area (Å²) in [6.07, 6.45) is 0. The molecular formula is C24H26ClFN4O2. The fraction of sp³-hybridized carbons (Fsp3) is 0.333. The highest BCUT2D eigenvalue weighted by Gasteiger charge is 2.22. The van der Waals surface area contributed by atoms with Crippen molar-refractivity contribution in [3.8, 4) is 0 Å². The van der Waals surface area contributed by atoms with Gasteiger partial charge in [-0.1, -0.05) is 35.9 Å². The van der Waals surface area contributed by atoms with Gasteiger partial charge in [-0.25, -0.2) is 9.07 Å². The Morgan fingerprint density at radius 3 is 2.47 bits per heavy atom. The monoisotopic (exact) mass is 456 g/mol. The van der Waals surface area contributed by atoms with Crippen LogP contribution in [-0.2, 0) is 11.3 Å². The third-order valence-corrected chi connectivity index (χ3v) is 6.04. The molecule has 3 aromatic rings. The number of carbonyl (C=O) groups excluding carboxylic acids is 1. The van der Waals surface area contributed by atoms with E-state index in [0.29, 0.717) is 17.8 Å². The maximum absolute atomic E-state index is 13.1. The summed E-state index contributed by atoms with van der Waals surface area (Å²) < 4.78 is 20.1. The second-order valence-electron chi connectivity index (χ2n) is 7.92. The maximum atomic E-state index is 13.1. The number of hydrogen-bond donors (Lipinski definition) is 1. The number of aromatic nitrogens is 2. The molecule has 0 radical (unpaired) electrons. The van der Waals surface area contributed by atoms with Crippen LogP contribution in [0, 0.1) is 12.7 Å². The van der Waals surface area contributed by atoms with Gasteiger partial charge in [-0.15, -0.1) is 0 Å². The zero-order chi connectivity index (χ0) is 22.7. The number of halogens is 2. The lowest BCUT2D eigenvalue weighted by molar-refractivity contribution is 0.0939. The molecule has 6 nitrogen and oxygen atoms in total. The van der Waals surface area contributed by atoms with Crippen molar-refractivity contribution in [1.29, 1.82) is 0 Å². The largest absolute Gasteiger partial charge is 0.378 e. The quantitative estimate of drug-likeness (QED) is 0.598. The summed E-state index contributed by atoms with van der Waals surface area (Å²) in [6, 6.07) is 14.1. The van der Waals surface area contributed by atoms with Crippen molar-refractivity contribution in [2.75, 3.05) is 31.2 Å². The molecule has 2 heterocycles. The summed E-state index contributed by atoms with van der Waals surface area (Å²) in [4.78, 5) is 15.3. The van der Waals surface area contributed by atoms with Crippen molar-refractivity contribution in [3.63, 3.8) is 0 Å². The summed E-state index contributed by atoms with van der Waals surface area (Å²) >= 11 is 6.49. The number of rotatable bonds is 6. The molecule has 1 unspecified atom stereocenters. The van der Waals surface area contributed by atoms with Crippen molar-refractivity contribution in [1.82, 2.24) is 15.1 Å². The molecular weight excluding hydrogens is 431 g/mol. The van der Waals surface area contributed by atoms with Crippen LogP contribution in [0.4, 0.5) is 10.1 Å². The number of amides is 1. The van der Waals surface area contributed by atoms with Gasteiger partial charge in [0.15, 0.2) is 0 Å². The number of morpholine rings is 1. The van der Waals surface area contributed by atoms with Gasteiger partial charge in [0.25, 0.3) is 5.91 Å². The standard InChI is InChI=1S/C24H26ClFN4O2/c1-16(19-5-9-21(10-6-19)29-11-13-32-14-12-29)27-24(31)22-17(2)28-30(23(22)25)15-18-3-7-20(26)8-4-18/h3-10,16H,11-15H2,1-2H3,(H,27,31). The van der Waals surface area contributed by atoms with Crippen LogP contribution >= 0.6 is 11.6 Å². The Morgan fingerprint density at radius 1 is 1.16 bits per heavy atom. The van der Waals surface area contributed by atoms with Gasteiger partial charge in [-0.05, 0) is 49.2 Å². The van der Waals surface area contributed by atoms with Crippen LogP contribution in [0.25, 0.3) is 0 Å². The van der Waals surface area contributed by atoms with Gasteiger partial charge in [0, 0.05) is 18.8 Å². The average Bonchev–Trinajstić information content (AvgIpc) is 3.08. The highest BCUT2D eigenvalue weighted by molar-refractivity contribution is 6.33. The van der Waals surface area contributed by atoms with Crippen LogP contribution in [0.1, 0.15) is 40.1 Å². The number of benzene rings is 2. The van der Waals surface area contributed by atoms with Gasteiger partial charge >= 0.3 is 0 Å². The average molecular weight is 457 g/mol. The molecule has 1 N–H and O–H groups in total. The van der Waals surface area contributed by atoms with Crippen LogP contribution in [0.5, 0.6) is 0 Å². The first kappa shape index (κ1) is 22.3. The van der Waals surface area contributed by atoms with Crippen LogP contribution in [0.2, 0.25) is 5.15 Å². The Kier molecular flexibility index (Phi) is 6.77. The number of nitrogens with one attached hydrogen (secondary N) is 1. The minimum Gasteiger partial charge on any atom is -0.378 e. The van der Waals surface area contributed by atoms with E-state index in [4.69, 9.17) is 16.3 Å². The van der Waals surface area contributed by atoms with E-state index in [0.717, 1.165) is 43.1 Å². The van der Waals surface area contributed by atoms with Gasteiger partial charge in [-0.3, -0.25) is 4.79 Å². The molecule has 1 aromatic heterocycles. The number of aryl methyl sites for hydroxylation is 1. The minimum absolute atomic E-state index is 0.197. The lowest BCUT2D eigenvalue weighted by Gasteiger charge is -2.29. The highest BCUT2D eigenvalue weighted by atomic mass is 35.5. The highest BCUT2D eigenvalue weighted by Crippen LogP contribution is 2.24. The van der Waals surface area contributed by atoms with E-state index >= 15 is 0 Å². The van der Waals surface area contributed by atoms with Crippen LogP contribution < -0.4 is 10.2 Å². The number of anilines is 1. The molecule has 1 aliphatic heterocycles. The van der Waals surface area contributed by atoms with E-state index < -0.39 is 0 Å². The van der Waals surface area contributed by atoms with Crippen molar-refractivity contribution >= 4 is 23.2 Å². The smallest absolute Gasteiger partial charge is 0.256 e. The second kappa shape index (κ2) is 9.71. The molecule has 0 spiro atoms. The molecule has 1 fully saturated rings. The zero-order valence-electron chi connectivity index (χ0n) is 18.1. The van der Waals surface area contributed by atoms with Gasteiger partial charge in [0.2, 0.25) is 0 Å². The van der Waals surface area contributed by atoms with E-state index in [1.165, 1.54) is 12.1 Å². The topological polar surface area (TPSA) is 59.4 Å². The normalized spacial score (nSPS) is 14.9. The molecule has 0 saturated carbocycles. The molecule has 1 atom stereocenters. The van der Waals surface area contributed by atoms with Gasteiger partial charge in [-0.2, -0.15) is 5.10 Å². The molecule has 1 amide bonds. The van der Waals surface area contributed by atoms with Crippen molar-refractivity contribution in [2.45, 2.75) is 26.4 Å². The number of nitrogens with zero attached hydrogens (tertiary/aromatic N) is 3. The van der Waals surface area contributed by atoms with Crippen molar-refractivity contribution in [3.05, 3.63) is 81.9 Å². The summed E-state index contributed by atoms with van der Waals surface area (Å²) in [6.45, 7) is 7.28. The summed E-state index contributed by atoms with van der Waals surface area (Å²) in [5.74, 6) is -0.578. The zero-order valence-corrected chi connectivity index (χ0v) is 18.9. The lowest BCUT2D eigenvalue weighted by Crippen LogP contribution is -2.36. The fourth-order valence-electron chi connectivity index (χ4n) is 3.83. The Balaban J connectivity index is 1.44. The van der Waals surface area contributed by atoms with E-state index in [1.807, 2.05) is 19.1 Å². The summed E-state index contributed by atoms with van der Waals surface area (Å²) in [5, 5.41) is 7.69. The van der Waals surface area contributed by atoms with E-state index in [1.54, 1.807) is 23.7 Å². The molecule has 0 bridgehead atoms. The summed E-state index contributed by atoms with van der Waals surface area (Å²) in [7, 11) is 0. The predicted octanol–water partition coefficient (Wildman–Crippen LogP) is 4.36. The Hall–Kier alpha value is -2.90. The van der Waals surface area contributed by atoms with Gasteiger partial charge < -0.3 is 15.0 Å². The first-order valence-corrected chi connectivity index (χ1v) is 11.0. The number of ether oxygens (including phenoxy) is 1. The van der Waals surface area contributed by atoms with E-state index in [-0.39, 0.29) is 22.9 Å². The van der Waals surface area contributed by atoms with Crippen molar-refractivity contribution < 1.29 is 13.9 Å².